The molecule has 0 aromatic heterocycles. The predicted molar refractivity (Wildman–Crippen MR) is 167 cm³/mol. The lowest BCUT2D eigenvalue weighted by Crippen LogP contribution is -2.25. The molecule has 3 atom stereocenters. The molecule has 6 rings (SSSR count). The molecule has 1 N–H and O–H groups in total. The Labute approximate surface area is 275 Å². The summed E-state index contributed by atoms with van der Waals surface area (Å²) in [5.41, 5.74) is 0.613. The molecule has 10 heteroatoms. The predicted octanol–water partition coefficient (Wildman–Crippen LogP) is 10.1. The second-order valence-electron chi connectivity index (χ2n) is 13.1. The second kappa shape index (κ2) is 14.5. The van der Waals surface area contributed by atoms with Gasteiger partial charge in [-0.25, -0.2) is 31.1 Å². The number of unbranched alkanes of at least 4 members (excludes halogenated alkanes) is 1. The monoisotopic (exact) mass is 672 g/mol. The fourth-order valence-corrected chi connectivity index (χ4v) is 7.10. The second-order valence-corrected chi connectivity index (χ2v) is 13.1. The van der Waals surface area contributed by atoms with E-state index in [-0.39, 0.29) is 40.2 Å². The summed E-state index contributed by atoms with van der Waals surface area (Å²) in [5.74, 6) is -8.12. The summed E-state index contributed by atoms with van der Waals surface area (Å²) in [6, 6.07) is 8.52. The van der Waals surface area contributed by atoms with Gasteiger partial charge in [-0.1, -0.05) is 56.2 Å². The first-order valence-electron chi connectivity index (χ1n) is 16.7. The Kier molecular flexibility index (Phi) is 10.3. The van der Waals surface area contributed by atoms with E-state index in [0.29, 0.717) is 63.5 Å². The number of carbonyl (C=O) groups is 1. The molecular weight excluding hydrogens is 634 g/mol. The third-order valence-electron chi connectivity index (χ3n) is 10.0. The molecule has 1 saturated carbocycles. The fourth-order valence-electron chi connectivity index (χ4n) is 7.10. The van der Waals surface area contributed by atoms with Crippen molar-refractivity contribution in [3.05, 3.63) is 111 Å². The zero-order valence-corrected chi connectivity index (χ0v) is 26.6. The van der Waals surface area contributed by atoms with Crippen LogP contribution in [0.15, 0.2) is 42.5 Å². The van der Waals surface area contributed by atoms with E-state index in [1.54, 1.807) is 6.08 Å². The van der Waals surface area contributed by atoms with Gasteiger partial charge < -0.3 is 14.6 Å². The molecule has 0 spiro atoms. The Morgan fingerprint density at radius 1 is 0.812 bits per heavy atom. The summed E-state index contributed by atoms with van der Waals surface area (Å²) in [5, 5.41) is 10.2. The Morgan fingerprint density at radius 2 is 1.46 bits per heavy atom. The van der Waals surface area contributed by atoms with E-state index in [2.05, 4.69) is 0 Å². The average molecular weight is 673 g/mol. The van der Waals surface area contributed by atoms with Crippen LogP contribution in [-0.2, 0) is 9.47 Å². The summed E-state index contributed by atoms with van der Waals surface area (Å²) in [6.45, 7) is 2.30. The minimum atomic E-state index is -1.31. The van der Waals surface area contributed by atoms with Gasteiger partial charge in [0.05, 0.1) is 18.3 Å². The lowest BCUT2D eigenvalue weighted by Gasteiger charge is -2.29. The highest BCUT2D eigenvalue weighted by Gasteiger charge is 2.33. The Balaban J connectivity index is 1.06. The van der Waals surface area contributed by atoms with Crippen molar-refractivity contribution in [2.45, 2.75) is 101 Å². The number of carbonyl (C=O) groups excluding carboxylic acids is 1. The summed E-state index contributed by atoms with van der Waals surface area (Å²) in [7, 11) is 0. The van der Waals surface area contributed by atoms with Gasteiger partial charge in [0.1, 0.15) is 12.2 Å². The van der Waals surface area contributed by atoms with Crippen LogP contribution in [0.2, 0.25) is 0 Å². The van der Waals surface area contributed by atoms with E-state index < -0.39 is 70.7 Å². The molecule has 1 aliphatic heterocycles. The van der Waals surface area contributed by atoms with Crippen LogP contribution in [0.4, 0.5) is 26.3 Å². The normalized spacial score (nSPS) is 23.0. The number of benzene rings is 3. The van der Waals surface area contributed by atoms with Gasteiger partial charge in [0.25, 0.3) is 0 Å². The molecule has 0 bridgehead atoms. The van der Waals surface area contributed by atoms with E-state index in [9.17, 15) is 27.5 Å². The summed E-state index contributed by atoms with van der Waals surface area (Å²) in [4.78, 5) is 12.9. The molecule has 3 aromatic rings. The van der Waals surface area contributed by atoms with Crippen molar-refractivity contribution in [1.82, 2.24) is 0 Å². The van der Waals surface area contributed by atoms with E-state index >= 15 is 8.78 Å². The maximum absolute atomic E-state index is 15.3. The number of ether oxygens (including phenoxy) is 2. The SMILES string of the molecule is CCCCC(O)c1ccc(C2CCC(OC(=O)c3ccc(C4CC=C(c5ccc(C6CO6)c(F)c5F)CC4)c(F)c3F)CC2)c(F)c1F. The van der Waals surface area contributed by atoms with E-state index in [1.807, 2.05) is 6.92 Å². The number of rotatable bonds is 10. The number of hydrogen-bond acceptors (Lipinski definition) is 4. The molecule has 2 aliphatic carbocycles. The molecule has 3 aliphatic rings. The van der Waals surface area contributed by atoms with E-state index in [4.69, 9.17) is 9.47 Å². The molecule has 256 valence electrons. The van der Waals surface area contributed by atoms with Gasteiger partial charge in [0, 0.05) is 16.7 Å². The highest BCUT2D eigenvalue weighted by molar-refractivity contribution is 5.90. The highest BCUT2D eigenvalue weighted by Crippen LogP contribution is 2.41. The maximum Gasteiger partial charge on any atom is 0.341 e. The number of epoxide rings is 1. The van der Waals surface area contributed by atoms with Gasteiger partial charge >= 0.3 is 5.97 Å². The van der Waals surface area contributed by atoms with Crippen LogP contribution < -0.4 is 0 Å². The number of esters is 1. The molecule has 48 heavy (non-hydrogen) atoms. The standard InChI is InChI=1S/C38H38F6O4/c1-2-3-4-30(45)27-16-13-24(32(39)35(27)42)22-9-11-23(12-10-22)48-38(46)29-18-15-26(34(41)37(29)44)21-7-5-20(6-8-21)25-14-17-28(31-19-47-31)36(43)33(25)40/h5,13-18,21-23,30-31,45H,2-4,6-12,19H2,1H3. The summed E-state index contributed by atoms with van der Waals surface area (Å²) >= 11 is 0. The van der Waals surface area contributed by atoms with Gasteiger partial charge in [-0.3, -0.25) is 0 Å². The van der Waals surface area contributed by atoms with Crippen molar-refractivity contribution in [2.24, 2.45) is 0 Å². The summed E-state index contributed by atoms with van der Waals surface area (Å²) < 4.78 is 100. The van der Waals surface area contributed by atoms with Crippen molar-refractivity contribution in [3.63, 3.8) is 0 Å². The first-order chi connectivity index (χ1) is 23.1. The molecule has 2 fully saturated rings. The molecule has 3 aromatic carbocycles. The van der Waals surface area contributed by atoms with Crippen LogP contribution in [0.25, 0.3) is 5.57 Å². The third-order valence-corrected chi connectivity index (χ3v) is 10.0. The van der Waals surface area contributed by atoms with Crippen LogP contribution >= 0.6 is 0 Å². The molecule has 0 radical (unpaired) electrons. The van der Waals surface area contributed by atoms with E-state index in [1.165, 1.54) is 36.4 Å². The molecular formula is C38H38F6O4. The topological polar surface area (TPSA) is 59.1 Å². The zero-order chi connectivity index (χ0) is 34.1. The first kappa shape index (κ1) is 34.2. The van der Waals surface area contributed by atoms with Crippen LogP contribution in [0, 0.1) is 34.9 Å². The van der Waals surface area contributed by atoms with Crippen molar-refractivity contribution >= 4 is 11.5 Å². The highest BCUT2D eigenvalue weighted by atomic mass is 19.2. The van der Waals surface area contributed by atoms with Crippen LogP contribution in [0.1, 0.15) is 133 Å². The van der Waals surface area contributed by atoms with Crippen molar-refractivity contribution in [3.8, 4) is 0 Å². The van der Waals surface area contributed by atoms with Gasteiger partial charge in [-0.15, -0.1) is 0 Å². The molecule has 3 unspecified atom stereocenters. The van der Waals surface area contributed by atoms with Crippen LogP contribution in [0.5, 0.6) is 0 Å². The van der Waals surface area contributed by atoms with Gasteiger partial charge in [-0.05, 0) is 86.0 Å². The van der Waals surface area contributed by atoms with Crippen molar-refractivity contribution in [1.29, 1.82) is 0 Å². The number of aliphatic hydroxyl groups is 1. The number of aliphatic hydroxyl groups excluding tert-OH is 1. The van der Waals surface area contributed by atoms with Gasteiger partial charge in [-0.2, -0.15) is 0 Å². The lowest BCUT2D eigenvalue weighted by molar-refractivity contribution is 0.0188. The number of halogens is 6. The van der Waals surface area contributed by atoms with Crippen molar-refractivity contribution < 1.29 is 45.7 Å². The lowest BCUT2D eigenvalue weighted by atomic mass is 9.81. The minimum Gasteiger partial charge on any atom is -0.459 e. The van der Waals surface area contributed by atoms with Crippen molar-refractivity contribution in [2.75, 3.05) is 6.61 Å². The third kappa shape index (κ3) is 6.92. The zero-order valence-electron chi connectivity index (χ0n) is 26.6. The Hall–Kier alpha value is -3.63. The first-order valence-corrected chi connectivity index (χ1v) is 16.7. The van der Waals surface area contributed by atoms with Crippen LogP contribution in [0.3, 0.4) is 0 Å². The van der Waals surface area contributed by atoms with Crippen LogP contribution in [-0.4, -0.2) is 23.8 Å². The Morgan fingerprint density at radius 3 is 2.12 bits per heavy atom. The van der Waals surface area contributed by atoms with Gasteiger partial charge in [0.15, 0.2) is 34.9 Å². The summed E-state index contributed by atoms with van der Waals surface area (Å²) in [6.07, 6.45) is 3.89. The fraction of sp³-hybridized carbons (Fsp3) is 0.447. The molecule has 4 nitrogen and oxygen atoms in total. The maximum atomic E-state index is 15.3. The molecule has 1 heterocycles. The molecule has 1 saturated heterocycles. The molecule has 0 amide bonds. The largest absolute Gasteiger partial charge is 0.459 e. The smallest absolute Gasteiger partial charge is 0.341 e. The minimum absolute atomic E-state index is 0.0603. The van der Waals surface area contributed by atoms with Gasteiger partial charge in [0.2, 0.25) is 0 Å². The van der Waals surface area contributed by atoms with E-state index in [0.717, 1.165) is 6.42 Å². The number of allylic oxidation sites excluding steroid dienone is 2. The quantitative estimate of drug-likeness (QED) is 0.132. The number of hydrogen-bond donors (Lipinski definition) is 1. The Bertz CT molecular complexity index is 1710. The average Bonchev–Trinajstić information content (AvgIpc) is 3.93.